The average molecular weight is 342 g/mol. The highest BCUT2D eigenvalue weighted by atomic mass is 32.1. The van der Waals surface area contributed by atoms with E-state index in [9.17, 15) is 4.79 Å². The van der Waals surface area contributed by atoms with Gasteiger partial charge in [0.05, 0.1) is 29.2 Å². The Morgan fingerprint density at radius 1 is 1.38 bits per heavy atom. The van der Waals surface area contributed by atoms with Gasteiger partial charge >= 0.3 is 0 Å². The SMILES string of the molecule is C[C@@H]1C[C@H](C)n2nccc2N1C(=O)Cc1coc(-c2cccs2)n1. The molecule has 1 aliphatic rings. The van der Waals surface area contributed by atoms with E-state index in [1.807, 2.05) is 33.2 Å². The van der Waals surface area contributed by atoms with Crippen molar-refractivity contribution in [2.24, 2.45) is 0 Å². The quantitative estimate of drug-likeness (QED) is 0.730. The number of hydrogen-bond acceptors (Lipinski definition) is 5. The summed E-state index contributed by atoms with van der Waals surface area (Å²) in [5.41, 5.74) is 0.653. The van der Waals surface area contributed by atoms with Crippen molar-refractivity contribution in [1.82, 2.24) is 14.8 Å². The summed E-state index contributed by atoms with van der Waals surface area (Å²) in [5.74, 6) is 1.44. The zero-order valence-corrected chi connectivity index (χ0v) is 14.4. The van der Waals surface area contributed by atoms with Crippen LogP contribution in [0.1, 0.15) is 32.0 Å². The van der Waals surface area contributed by atoms with E-state index in [1.54, 1.807) is 23.8 Å². The fourth-order valence-electron chi connectivity index (χ4n) is 3.28. The molecule has 4 heterocycles. The van der Waals surface area contributed by atoms with Crippen molar-refractivity contribution in [1.29, 1.82) is 0 Å². The zero-order chi connectivity index (χ0) is 16.7. The van der Waals surface area contributed by atoms with E-state index in [1.165, 1.54) is 0 Å². The predicted octanol–water partition coefficient (Wildman–Crippen LogP) is 3.53. The summed E-state index contributed by atoms with van der Waals surface area (Å²) in [6.07, 6.45) is 4.43. The maximum Gasteiger partial charge on any atom is 0.236 e. The maximum absolute atomic E-state index is 12.8. The third-order valence-electron chi connectivity index (χ3n) is 4.32. The van der Waals surface area contributed by atoms with Gasteiger partial charge < -0.3 is 4.42 Å². The molecule has 1 aliphatic heterocycles. The van der Waals surface area contributed by atoms with E-state index in [0.29, 0.717) is 17.6 Å². The normalized spacial score (nSPS) is 20.2. The summed E-state index contributed by atoms with van der Waals surface area (Å²) >= 11 is 1.57. The smallest absolute Gasteiger partial charge is 0.236 e. The number of oxazole rings is 1. The third kappa shape index (κ3) is 2.54. The van der Waals surface area contributed by atoms with Gasteiger partial charge in [-0.05, 0) is 31.7 Å². The van der Waals surface area contributed by atoms with Crippen LogP contribution in [0, 0.1) is 0 Å². The molecule has 6 nitrogen and oxygen atoms in total. The largest absolute Gasteiger partial charge is 0.444 e. The molecule has 0 saturated carbocycles. The molecule has 124 valence electrons. The molecule has 24 heavy (non-hydrogen) atoms. The van der Waals surface area contributed by atoms with Crippen molar-refractivity contribution in [3.63, 3.8) is 0 Å². The molecule has 7 heteroatoms. The van der Waals surface area contributed by atoms with E-state index < -0.39 is 0 Å². The number of carbonyl (C=O) groups excluding carboxylic acids is 1. The van der Waals surface area contributed by atoms with Gasteiger partial charge in [-0.15, -0.1) is 11.3 Å². The van der Waals surface area contributed by atoms with Crippen LogP contribution < -0.4 is 4.90 Å². The number of anilines is 1. The highest BCUT2D eigenvalue weighted by molar-refractivity contribution is 7.13. The van der Waals surface area contributed by atoms with E-state index >= 15 is 0 Å². The number of thiophene rings is 1. The van der Waals surface area contributed by atoms with Gasteiger partial charge in [-0.25, -0.2) is 9.67 Å². The van der Waals surface area contributed by atoms with Crippen LogP contribution in [-0.4, -0.2) is 26.7 Å². The van der Waals surface area contributed by atoms with Gasteiger partial charge in [-0.2, -0.15) is 5.10 Å². The molecule has 0 unspecified atom stereocenters. The Morgan fingerprint density at radius 2 is 2.25 bits per heavy atom. The Balaban J connectivity index is 1.56. The zero-order valence-electron chi connectivity index (χ0n) is 13.5. The molecular weight excluding hydrogens is 324 g/mol. The summed E-state index contributed by atoms with van der Waals surface area (Å²) in [7, 11) is 0. The molecule has 0 saturated heterocycles. The van der Waals surface area contributed by atoms with E-state index in [0.717, 1.165) is 17.1 Å². The average Bonchev–Trinajstić information content (AvgIpc) is 3.28. The molecule has 0 aliphatic carbocycles. The van der Waals surface area contributed by atoms with Crippen molar-refractivity contribution >= 4 is 23.1 Å². The fraction of sp³-hybridized carbons (Fsp3) is 0.353. The molecule has 3 aromatic rings. The standard InChI is InChI=1S/C17H18N4O2S/c1-11-8-12(2)21-15(5-6-18-21)20(11)16(22)9-13-10-23-17(19-13)14-4-3-7-24-14/h3-7,10-12H,8-9H2,1-2H3/t11-,12+/m1/s1. The molecule has 3 aromatic heterocycles. The molecule has 0 radical (unpaired) electrons. The lowest BCUT2D eigenvalue weighted by molar-refractivity contribution is -0.118. The number of hydrogen-bond donors (Lipinski definition) is 0. The van der Waals surface area contributed by atoms with Gasteiger partial charge in [0.2, 0.25) is 11.8 Å². The minimum atomic E-state index is 0.0159. The fourth-order valence-corrected chi connectivity index (χ4v) is 3.93. The minimum absolute atomic E-state index is 0.0159. The number of amides is 1. The lowest BCUT2D eigenvalue weighted by Gasteiger charge is -2.36. The Labute approximate surface area is 143 Å². The first-order valence-corrected chi connectivity index (χ1v) is 8.85. The van der Waals surface area contributed by atoms with Crippen LogP contribution >= 0.6 is 11.3 Å². The van der Waals surface area contributed by atoms with E-state index in [4.69, 9.17) is 4.42 Å². The molecule has 0 fully saturated rings. The number of fused-ring (bicyclic) bond motifs is 1. The van der Waals surface area contributed by atoms with Crippen molar-refractivity contribution in [3.8, 4) is 10.8 Å². The van der Waals surface area contributed by atoms with Crippen molar-refractivity contribution in [3.05, 3.63) is 41.7 Å². The highest BCUT2D eigenvalue weighted by Gasteiger charge is 2.32. The second kappa shape index (κ2) is 5.90. The van der Waals surface area contributed by atoms with Crippen LogP contribution in [0.25, 0.3) is 10.8 Å². The van der Waals surface area contributed by atoms with Gasteiger partial charge in [-0.3, -0.25) is 9.69 Å². The molecule has 0 aromatic carbocycles. The minimum Gasteiger partial charge on any atom is -0.444 e. The van der Waals surface area contributed by atoms with Crippen molar-refractivity contribution in [2.45, 2.75) is 38.8 Å². The van der Waals surface area contributed by atoms with Crippen LogP contribution in [0.2, 0.25) is 0 Å². The molecule has 4 rings (SSSR count). The van der Waals surface area contributed by atoms with Crippen molar-refractivity contribution < 1.29 is 9.21 Å². The number of nitrogens with zero attached hydrogens (tertiary/aromatic N) is 4. The Bertz CT molecular complexity index is 852. The van der Waals surface area contributed by atoms with Gasteiger partial charge in [-0.1, -0.05) is 6.07 Å². The Hall–Kier alpha value is -2.41. The first-order chi connectivity index (χ1) is 11.6. The van der Waals surface area contributed by atoms with Gasteiger partial charge in [0.15, 0.2) is 0 Å². The Morgan fingerprint density at radius 3 is 3.04 bits per heavy atom. The van der Waals surface area contributed by atoms with Crippen LogP contribution in [-0.2, 0) is 11.2 Å². The summed E-state index contributed by atoms with van der Waals surface area (Å²) in [4.78, 5) is 20.1. The van der Waals surface area contributed by atoms with Crippen LogP contribution in [0.4, 0.5) is 5.82 Å². The topological polar surface area (TPSA) is 64.2 Å². The number of aromatic nitrogens is 3. The van der Waals surface area contributed by atoms with Gasteiger partial charge in [0.1, 0.15) is 12.1 Å². The molecule has 1 amide bonds. The molecule has 0 bridgehead atoms. The van der Waals surface area contributed by atoms with E-state index in [2.05, 4.69) is 23.9 Å². The molecule has 0 N–H and O–H groups in total. The summed E-state index contributed by atoms with van der Waals surface area (Å²) in [6, 6.07) is 6.23. The highest BCUT2D eigenvalue weighted by Crippen LogP contribution is 2.32. The van der Waals surface area contributed by atoms with Crippen LogP contribution in [0.3, 0.4) is 0 Å². The summed E-state index contributed by atoms with van der Waals surface area (Å²) in [5, 5.41) is 6.31. The summed E-state index contributed by atoms with van der Waals surface area (Å²) in [6.45, 7) is 4.20. The second-order valence-corrected chi connectivity index (χ2v) is 7.08. The number of rotatable bonds is 3. The molecule has 0 spiro atoms. The lowest BCUT2D eigenvalue weighted by atomic mass is 10.0. The third-order valence-corrected chi connectivity index (χ3v) is 5.18. The monoisotopic (exact) mass is 342 g/mol. The van der Waals surface area contributed by atoms with Gasteiger partial charge in [0, 0.05) is 12.1 Å². The first kappa shape index (κ1) is 15.1. The van der Waals surface area contributed by atoms with E-state index in [-0.39, 0.29) is 18.4 Å². The molecule has 2 atom stereocenters. The molecular formula is C17H18N4O2S. The van der Waals surface area contributed by atoms with Crippen LogP contribution in [0.15, 0.2) is 40.5 Å². The lowest BCUT2D eigenvalue weighted by Crippen LogP contribution is -2.45. The Kier molecular flexibility index (Phi) is 3.72. The number of carbonyl (C=O) groups is 1. The summed E-state index contributed by atoms with van der Waals surface area (Å²) < 4.78 is 7.42. The van der Waals surface area contributed by atoms with Crippen molar-refractivity contribution in [2.75, 3.05) is 4.90 Å². The first-order valence-electron chi connectivity index (χ1n) is 7.97. The van der Waals surface area contributed by atoms with Crippen LogP contribution in [0.5, 0.6) is 0 Å². The predicted molar refractivity (Wildman–Crippen MR) is 92.0 cm³/mol. The van der Waals surface area contributed by atoms with Gasteiger partial charge in [0.25, 0.3) is 0 Å². The maximum atomic E-state index is 12.8. The second-order valence-electron chi connectivity index (χ2n) is 6.13.